The van der Waals surface area contributed by atoms with Gasteiger partial charge in [0.2, 0.25) is 5.91 Å². The maximum Gasteiger partial charge on any atom is 0.411 e. The molecule has 6 nitrogen and oxygen atoms in total. The van der Waals surface area contributed by atoms with Crippen molar-refractivity contribution in [2.75, 3.05) is 19.8 Å². The fraction of sp³-hybridized carbons (Fsp3) is 0.500. The van der Waals surface area contributed by atoms with Gasteiger partial charge in [-0.05, 0) is 18.6 Å². The Bertz CT molecular complexity index is 668. The monoisotopic (exact) mass is 328 g/mol. The zero-order valence-electron chi connectivity index (χ0n) is 12.1. The van der Waals surface area contributed by atoms with Crippen LogP contribution in [-0.2, 0) is 9.53 Å². The van der Waals surface area contributed by atoms with Crippen molar-refractivity contribution in [1.29, 1.82) is 0 Å². The molecule has 124 valence electrons. The SMILES string of the molecule is O=C(NCCOCC(F)(F)F)[C@@H]1C[C@@H]1c1nc2ncccc2[nH]1. The lowest BCUT2D eigenvalue weighted by Gasteiger charge is -2.08. The second-order valence-corrected chi connectivity index (χ2v) is 5.40. The molecule has 2 aromatic rings. The second kappa shape index (κ2) is 6.15. The van der Waals surface area contributed by atoms with E-state index in [1.54, 1.807) is 12.3 Å². The van der Waals surface area contributed by atoms with Crippen LogP contribution >= 0.6 is 0 Å². The minimum absolute atomic E-state index is 0.000272. The van der Waals surface area contributed by atoms with Crippen LogP contribution in [0.25, 0.3) is 11.2 Å². The number of nitrogens with zero attached hydrogens (tertiary/aromatic N) is 2. The highest BCUT2D eigenvalue weighted by molar-refractivity contribution is 5.83. The quantitative estimate of drug-likeness (QED) is 0.792. The van der Waals surface area contributed by atoms with Gasteiger partial charge < -0.3 is 15.0 Å². The van der Waals surface area contributed by atoms with E-state index in [4.69, 9.17) is 0 Å². The molecule has 0 aromatic carbocycles. The molecule has 1 saturated carbocycles. The molecule has 1 amide bonds. The number of halogens is 3. The lowest BCUT2D eigenvalue weighted by atomic mass is 10.3. The molecule has 1 aliphatic carbocycles. The number of pyridine rings is 1. The molecule has 0 saturated heterocycles. The van der Waals surface area contributed by atoms with Gasteiger partial charge >= 0.3 is 6.18 Å². The summed E-state index contributed by atoms with van der Waals surface area (Å²) in [6.45, 7) is -1.42. The highest BCUT2D eigenvalue weighted by Gasteiger charge is 2.45. The summed E-state index contributed by atoms with van der Waals surface area (Å²) in [4.78, 5) is 23.5. The molecular formula is C14H15F3N4O2. The van der Waals surface area contributed by atoms with E-state index in [0.29, 0.717) is 17.9 Å². The van der Waals surface area contributed by atoms with Crippen molar-refractivity contribution in [3.8, 4) is 0 Å². The first kappa shape index (κ1) is 15.7. The predicted octanol–water partition coefficient (Wildman–Crippen LogP) is 1.76. The Hall–Kier alpha value is -2.16. The largest absolute Gasteiger partial charge is 0.411 e. The van der Waals surface area contributed by atoms with Crippen molar-refractivity contribution in [3.05, 3.63) is 24.2 Å². The van der Waals surface area contributed by atoms with Crippen LogP contribution < -0.4 is 5.32 Å². The number of alkyl halides is 3. The molecule has 0 bridgehead atoms. The summed E-state index contributed by atoms with van der Waals surface area (Å²) in [5.74, 6) is 0.310. The number of nitrogens with one attached hydrogen (secondary N) is 2. The van der Waals surface area contributed by atoms with Gasteiger partial charge in [0, 0.05) is 24.6 Å². The summed E-state index contributed by atoms with van der Waals surface area (Å²) >= 11 is 0. The summed E-state index contributed by atoms with van der Waals surface area (Å²) in [7, 11) is 0. The Morgan fingerprint density at radius 3 is 3.04 bits per heavy atom. The number of fused-ring (bicyclic) bond motifs is 1. The molecule has 3 rings (SSSR count). The Morgan fingerprint density at radius 1 is 1.48 bits per heavy atom. The number of hydrogen-bond acceptors (Lipinski definition) is 4. The zero-order chi connectivity index (χ0) is 16.4. The Morgan fingerprint density at radius 2 is 2.30 bits per heavy atom. The Labute approximate surface area is 129 Å². The van der Waals surface area contributed by atoms with E-state index < -0.39 is 12.8 Å². The van der Waals surface area contributed by atoms with Crippen LogP contribution in [-0.4, -0.2) is 46.8 Å². The van der Waals surface area contributed by atoms with E-state index in [9.17, 15) is 18.0 Å². The number of carbonyl (C=O) groups is 1. The molecule has 2 atom stereocenters. The second-order valence-electron chi connectivity index (χ2n) is 5.40. The molecule has 23 heavy (non-hydrogen) atoms. The fourth-order valence-electron chi connectivity index (χ4n) is 2.39. The number of amides is 1. The lowest BCUT2D eigenvalue weighted by molar-refractivity contribution is -0.173. The summed E-state index contributed by atoms with van der Waals surface area (Å²) in [5.41, 5.74) is 1.42. The van der Waals surface area contributed by atoms with Crippen LogP contribution in [0.4, 0.5) is 13.2 Å². The Kier molecular flexibility index (Phi) is 4.20. The van der Waals surface area contributed by atoms with E-state index in [0.717, 1.165) is 5.52 Å². The van der Waals surface area contributed by atoms with E-state index in [1.165, 1.54) is 0 Å². The standard InChI is InChI=1S/C14H15F3N4O2/c15-14(16,17)7-23-5-4-19-13(22)9-6-8(9)11-20-10-2-1-3-18-12(10)21-11/h1-3,8-9H,4-7H2,(H,19,22)(H,18,20,21)/t8-,9+/m0/s1. The number of rotatable bonds is 6. The topological polar surface area (TPSA) is 79.9 Å². The van der Waals surface area contributed by atoms with E-state index >= 15 is 0 Å². The average molecular weight is 328 g/mol. The molecule has 9 heteroatoms. The summed E-state index contributed by atoms with van der Waals surface area (Å²) in [5, 5.41) is 2.58. The first-order chi connectivity index (χ1) is 10.9. The van der Waals surface area contributed by atoms with Gasteiger partial charge in [0.25, 0.3) is 0 Å². The van der Waals surface area contributed by atoms with Crippen molar-refractivity contribution in [3.63, 3.8) is 0 Å². The van der Waals surface area contributed by atoms with Crippen LogP contribution in [0.3, 0.4) is 0 Å². The molecule has 2 heterocycles. The van der Waals surface area contributed by atoms with Crippen molar-refractivity contribution < 1.29 is 22.7 Å². The first-order valence-electron chi connectivity index (χ1n) is 7.17. The zero-order valence-corrected chi connectivity index (χ0v) is 12.1. The van der Waals surface area contributed by atoms with Crippen molar-refractivity contribution in [1.82, 2.24) is 20.3 Å². The van der Waals surface area contributed by atoms with Gasteiger partial charge in [-0.25, -0.2) is 9.97 Å². The summed E-state index contributed by atoms with van der Waals surface area (Å²) in [6, 6.07) is 3.65. The molecule has 2 N–H and O–H groups in total. The third-order valence-corrected chi connectivity index (χ3v) is 3.57. The van der Waals surface area contributed by atoms with E-state index in [1.807, 2.05) is 6.07 Å². The Balaban J connectivity index is 1.44. The predicted molar refractivity (Wildman–Crippen MR) is 74.6 cm³/mol. The maximum atomic E-state index is 11.9. The lowest BCUT2D eigenvalue weighted by Crippen LogP contribution is -2.30. The van der Waals surface area contributed by atoms with Crippen LogP contribution in [0.1, 0.15) is 18.2 Å². The number of hydrogen-bond donors (Lipinski definition) is 2. The summed E-state index contributed by atoms with van der Waals surface area (Å²) < 4.78 is 40.1. The highest BCUT2D eigenvalue weighted by Crippen LogP contribution is 2.46. The van der Waals surface area contributed by atoms with E-state index in [2.05, 4.69) is 25.0 Å². The third kappa shape index (κ3) is 3.98. The molecule has 0 radical (unpaired) electrons. The first-order valence-corrected chi connectivity index (χ1v) is 7.17. The van der Waals surface area contributed by atoms with E-state index in [-0.39, 0.29) is 30.9 Å². The number of imidazole rings is 1. The van der Waals surface area contributed by atoms with Crippen LogP contribution in [0.15, 0.2) is 18.3 Å². The summed E-state index contributed by atoms with van der Waals surface area (Å²) in [6.07, 6.45) is -2.04. The van der Waals surface area contributed by atoms with Gasteiger partial charge in [-0.3, -0.25) is 4.79 Å². The molecule has 0 spiro atoms. The average Bonchev–Trinajstić information content (AvgIpc) is 3.17. The van der Waals surface area contributed by atoms with Crippen molar-refractivity contribution in [2.45, 2.75) is 18.5 Å². The number of H-pyrrole nitrogens is 1. The minimum Gasteiger partial charge on any atom is -0.370 e. The molecule has 0 unspecified atom stereocenters. The number of aromatic amines is 1. The van der Waals surface area contributed by atoms with Gasteiger partial charge in [-0.2, -0.15) is 13.2 Å². The van der Waals surface area contributed by atoms with Crippen LogP contribution in [0.2, 0.25) is 0 Å². The molecule has 1 aliphatic rings. The maximum absolute atomic E-state index is 11.9. The molecule has 1 fully saturated rings. The minimum atomic E-state index is -4.35. The smallest absolute Gasteiger partial charge is 0.370 e. The van der Waals surface area contributed by atoms with Crippen molar-refractivity contribution in [2.24, 2.45) is 5.92 Å². The number of carbonyl (C=O) groups excluding carboxylic acids is 1. The van der Waals surface area contributed by atoms with Gasteiger partial charge in [0.05, 0.1) is 12.1 Å². The number of aromatic nitrogens is 3. The van der Waals surface area contributed by atoms with Crippen LogP contribution in [0, 0.1) is 5.92 Å². The van der Waals surface area contributed by atoms with Gasteiger partial charge in [0.15, 0.2) is 5.65 Å². The normalized spacial score (nSPS) is 20.7. The van der Waals surface area contributed by atoms with Gasteiger partial charge in [0.1, 0.15) is 12.4 Å². The highest BCUT2D eigenvalue weighted by atomic mass is 19.4. The van der Waals surface area contributed by atoms with Crippen molar-refractivity contribution >= 4 is 17.1 Å². The molecule has 2 aromatic heterocycles. The number of ether oxygens (including phenoxy) is 1. The molecular weight excluding hydrogens is 313 g/mol. The third-order valence-electron chi connectivity index (χ3n) is 3.57. The van der Waals surface area contributed by atoms with Gasteiger partial charge in [-0.15, -0.1) is 0 Å². The van der Waals surface area contributed by atoms with Gasteiger partial charge in [-0.1, -0.05) is 0 Å². The fourth-order valence-corrected chi connectivity index (χ4v) is 2.39. The van der Waals surface area contributed by atoms with Crippen LogP contribution in [0.5, 0.6) is 0 Å². The molecule has 0 aliphatic heterocycles.